The first-order valence-corrected chi connectivity index (χ1v) is 6.62. The molecule has 100 valence electrons. The van der Waals surface area contributed by atoms with Crippen molar-refractivity contribution in [2.24, 2.45) is 0 Å². The van der Waals surface area contributed by atoms with Crippen molar-refractivity contribution >= 4 is 0 Å². The molecule has 5 heteroatoms. The van der Waals surface area contributed by atoms with Crippen LogP contribution in [0.3, 0.4) is 0 Å². The van der Waals surface area contributed by atoms with Gasteiger partial charge in [0.05, 0.1) is 12.2 Å². The van der Waals surface area contributed by atoms with E-state index in [0.717, 1.165) is 25.7 Å². The molecule has 0 aromatic carbocycles. The molecule has 0 atom stereocenters. The van der Waals surface area contributed by atoms with E-state index in [1.165, 1.54) is 0 Å². The van der Waals surface area contributed by atoms with E-state index in [0.29, 0.717) is 31.0 Å². The number of ether oxygens (including phenoxy) is 1. The van der Waals surface area contributed by atoms with Crippen LogP contribution in [0, 0.1) is 0 Å². The van der Waals surface area contributed by atoms with Crippen molar-refractivity contribution < 1.29 is 9.84 Å². The Bertz CT molecular complexity index is 450. The summed E-state index contributed by atoms with van der Waals surface area (Å²) >= 11 is 0. The minimum absolute atomic E-state index is 0.0999. The van der Waals surface area contributed by atoms with Gasteiger partial charge in [-0.05, 0) is 25.7 Å². The van der Waals surface area contributed by atoms with Crippen LogP contribution in [-0.2, 0) is 11.2 Å². The Morgan fingerprint density at radius 1 is 1.44 bits per heavy atom. The van der Waals surface area contributed by atoms with Crippen molar-refractivity contribution in [1.82, 2.24) is 9.97 Å². The molecule has 2 rings (SSSR count). The van der Waals surface area contributed by atoms with Crippen LogP contribution in [0.1, 0.15) is 49.9 Å². The van der Waals surface area contributed by atoms with Crippen molar-refractivity contribution in [2.45, 2.75) is 44.9 Å². The molecule has 0 aliphatic heterocycles. The molecule has 1 aromatic heterocycles. The fraction of sp³-hybridized carbons (Fsp3) is 0.692. The Morgan fingerprint density at radius 3 is 2.78 bits per heavy atom. The molecule has 1 aromatic rings. The van der Waals surface area contributed by atoms with E-state index in [1.807, 2.05) is 6.92 Å². The highest BCUT2D eigenvalue weighted by atomic mass is 16.5. The Kier molecular flexibility index (Phi) is 4.36. The Labute approximate surface area is 106 Å². The van der Waals surface area contributed by atoms with Gasteiger partial charge in [-0.15, -0.1) is 0 Å². The van der Waals surface area contributed by atoms with Crippen molar-refractivity contribution in [2.75, 3.05) is 13.2 Å². The van der Waals surface area contributed by atoms with Crippen molar-refractivity contribution in [1.29, 1.82) is 0 Å². The Morgan fingerprint density at radius 2 is 2.17 bits per heavy atom. The van der Waals surface area contributed by atoms with E-state index in [9.17, 15) is 9.90 Å². The number of hydrogen-bond donors (Lipinski definition) is 2. The standard InChI is InChI=1S/C13H20N2O3/c1-2-18-8-7-10-14-12(16)11(13(17)15-10)9-5-3-4-6-9/h9H,2-8H2,1H3,(H2,14,15,16,17). The van der Waals surface area contributed by atoms with Gasteiger partial charge in [0.25, 0.3) is 5.56 Å². The molecule has 0 spiro atoms. The summed E-state index contributed by atoms with van der Waals surface area (Å²) < 4.78 is 5.20. The third kappa shape index (κ3) is 2.90. The maximum Gasteiger partial charge on any atom is 0.258 e. The highest BCUT2D eigenvalue weighted by Crippen LogP contribution is 2.35. The molecular formula is C13H20N2O3. The van der Waals surface area contributed by atoms with Crippen molar-refractivity contribution in [3.05, 3.63) is 21.7 Å². The second-order valence-electron chi connectivity index (χ2n) is 4.68. The summed E-state index contributed by atoms with van der Waals surface area (Å²) in [5.74, 6) is 0.562. The molecule has 0 radical (unpaired) electrons. The second kappa shape index (κ2) is 6.00. The first kappa shape index (κ1) is 13.1. The number of hydrogen-bond acceptors (Lipinski definition) is 4. The topological polar surface area (TPSA) is 75.2 Å². The molecule has 1 saturated carbocycles. The molecule has 0 bridgehead atoms. The van der Waals surface area contributed by atoms with Crippen LogP contribution in [0.5, 0.6) is 5.88 Å². The lowest BCUT2D eigenvalue weighted by Gasteiger charge is -2.10. The molecule has 0 unspecified atom stereocenters. The molecule has 2 N–H and O–H groups in total. The van der Waals surface area contributed by atoms with Crippen LogP contribution in [-0.4, -0.2) is 28.3 Å². The van der Waals surface area contributed by atoms with Gasteiger partial charge in [-0.2, -0.15) is 4.98 Å². The summed E-state index contributed by atoms with van der Waals surface area (Å²) in [5, 5.41) is 9.92. The Balaban J connectivity index is 2.15. The quantitative estimate of drug-likeness (QED) is 0.782. The van der Waals surface area contributed by atoms with Crippen LogP contribution < -0.4 is 5.56 Å². The first-order valence-electron chi connectivity index (χ1n) is 6.62. The molecule has 0 amide bonds. The molecule has 1 fully saturated rings. The minimum atomic E-state index is -0.194. The van der Waals surface area contributed by atoms with Crippen molar-refractivity contribution in [3.63, 3.8) is 0 Å². The summed E-state index contributed by atoms with van der Waals surface area (Å²) in [6.45, 7) is 3.05. The number of aromatic nitrogens is 2. The van der Waals surface area contributed by atoms with Crippen LogP contribution in [0.2, 0.25) is 0 Å². The number of nitrogens with zero attached hydrogens (tertiary/aromatic N) is 1. The lowest BCUT2D eigenvalue weighted by atomic mass is 10.00. The molecule has 18 heavy (non-hydrogen) atoms. The van der Waals surface area contributed by atoms with E-state index in [1.54, 1.807) is 0 Å². The monoisotopic (exact) mass is 252 g/mol. The Hall–Kier alpha value is -1.36. The number of aromatic hydroxyl groups is 1. The summed E-state index contributed by atoms with van der Waals surface area (Å²) in [7, 11) is 0. The first-order chi connectivity index (χ1) is 8.72. The van der Waals surface area contributed by atoms with Crippen LogP contribution >= 0.6 is 0 Å². The zero-order valence-electron chi connectivity index (χ0n) is 10.7. The van der Waals surface area contributed by atoms with Gasteiger partial charge in [-0.3, -0.25) is 4.79 Å². The smallest absolute Gasteiger partial charge is 0.258 e. The number of aromatic amines is 1. The average molecular weight is 252 g/mol. The minimum Gasteiger partial charge on any atom is -0.493 e. The van der Waals surface area contributed by atoms with E-state index in [2.05, 4.69) is 9.97 Å². The van der Waals surface area contributed by atoms with E-state index >= 15 is 0 Å². The predicted molar refractivity (Wildman–Crippen MR) is 67.9 cm³/mol. The van der Waals surface area contributed by atoms with Gasteiger partial charge in [0.15, 0.2) is 0 Å². The van der Waals surface area contributed by atoms with E-state index < -0.39 is 0 Å². The number of nitrogens with one attached hydrogen (secondary N) is 1. The lowest BCUT2D eigenvalue weighted by Crippen LogP contribution is -2.19. The summed E-state index contributed by atoms with van der Waals surface area (Å²) in [5.41, 5.74) is 0.272. The third-order valence-electron chi connectivity index (χ3n) is 3.43. The SMILES string of the molecule is CCOCCc1nc(O)c(C2CCCC2)c(=O)[nH]1. The van der Waals surface area contributed by atoms with Gasteiger partial charge in [0.2, 0.25) is 5.88 Å². The molecular weight excluding hydrogens is 232 g/mol. The normalized spacial score (nSPS) is 16.3. The highest BCUT2D eigenvalue weighted by molar-refractivity contribution is 5.27. The van der Waals surface area contributed by atoms with Gasteiger partial charge >= 0.3 is 0 Å². The molecule has 0 saturated heterocycles. The summed E-state index contributed by atoms with van der Waals surface area (Å²) in [6.07, 6.45) is 4.69. The predicted octanol–water partition coefficient (Wildman–Crippen LogP) is 1.71. The molecule has 1 aliphatic rings. The van der Waals surface area contributed by atoms with Crippen LogP contribution in [0.4, 0.5) is 0 Å². The summed E-state index contributed by atoms with van der Waals surface area (Å²) in [6, 6.07) is 0. The van der Waals surface area contributed by atoms with Crippen LogP contribution in [0.25, 0.3) is 0 Å². The van der Waals surface area contributed by atoms with Gasteiger partial charge in [-0.1, -0.05) is 12.8 Å². The lowest BCUT2D eigenvalue weighted by molar-refractivity contribution is 0.149. The zero-order valence-corrected chi connectivity index (χ0v) is 10.7. The maximum absolute atomic E-state index is 12.0. The highest BCUT2D eigenvalue weighted by Gasteiger charge is 2.24. The van der Waals surface area contributed by atoms with E-state index in [4.69, 9.17) is 4.74 Å². The maximum atomic E-state index is 12.0. The van der Waals surface area contributed by atoms with Gasteiger partial charge < -0.3 is 14.8 Å². The average Bonchev–Trinajstić information content (AvgIpc) is 2.82. The summed E-state index contributed by atoms with van der Waals surface area (Å²) in [4.78, 5) is 18.8. The van der Waals surface area contributed by atoms with Crippen LogP contribution in [0.15, 0.2) is 4.79 Å². The largest absolute Gasteiger partial charge is 0.493 e. The molecule has 5 nitrogen and oxygen atoms in total. The fourth-order valence-corrected chi connectivity index (χ4v) is 2.53. The van der Waals surface area contributed by atoms with E-state index in [-0.39, 0.29) is 17.4 Å². The third-order valence-corrected chi connectivity index (χ3v) is 3.43. The molecule has 1 aliphatic carbocycles. The van der Waals surface area contributed by atoms with Gasteiger partial charge in [0, 0.05) is 13.0 Å². The second-order valence-corrected chi connectivity index (χ2v) is 4.68. The number of rotatable bonds is 5. The molecule has 1 heterocycles. The van der Waals surface area contributed by atoms with Gasteiger partial charge in [-0.25, -0.2) is 0 Å². The van der Waals surface area contributed by atoms with Crippen molar-refractivity contribution in [3.8, 4) is 5.88 Å². The number of H-pyrrole nitrogens is 1. The van der Waals surface area contributed by atoms with Gasteiger partial charge in [0.1, 0.15) is 5.82 Å². The fourth-order valence-electron chi connectivity index (χ4n) is 2.53. The zero-order chi connectivity index (χ0) is 13.0.